The molecule has 1 aromatic carbocycles. The number of nitrogens with one attached hydrogen (secondary N) is 1. The number of benzene rings is 1. The molecule has 28 heavy (non-hydrogen) atoms. The van der Waals surface area contributed by atoms with Crippen molar-refractivity contribution in [2.75, 3.05) is 44.7 Å². The molecule has 0 radical (unpaired) electrons. The lowest BCUT2D eigenvalue weighted by molar-refractivity contribution is -0.137. The molecule has 6 nitrogen and oxygen atoms in total. The van der Waals surface area contributed by atoms with Crippen molar-refractivity contribution in [1.29, 1.82) is 5.26 Å². The van der Waals surface area contributed by atoms with Crippen molar-refractivity contribution in [3.8, 4) is 6.07 Å². The summed E-state index contributed by atoms with van der Waals surface area (Å²) in [6.45, 7) is 4.05. The van der Waals surface area contributed by atoms with Gasteiger partial charge in [0.2, 0.25) is 0 Å². The van der Waals surface area contributed by atoms with Gasteiger partial charge in [0.1, 0.15) is 17.5 Å². The van der Waals surface area contributed by atoms with Gasteiger partial charge in [-0.3, -0.25) is 9.30 Å². The molecule has 1 N–H and O–H groups in total. The first kappa shape index (κ1) is 18.5. The minimum atomic E-state index is -4.65. The van der Waals surface area contributed by atoms with E-state index in [1.807, 2.05) is 0 Å². The van der Waals surface area contributed by atoms with Crippen molar-refractivity contribution in [3.05, 3.63) is 41.5 Å². The lowest BCUT2D eigenvalue weighted by atomic mass is 10.1. The molecule has 1 fully saturated rings. The third-order valence-electron chi connectivity index (χ3n) is 4.83. The highest BCUT2D eigenvalue weighted by molar-refractivity contribution is 5.85. The van der Waals surface area contributed by atoms with Gasteiger partial charge in [-0.1, -0.05) is 12.1 Å². The van der Waals surface area contributed by atoms with E-state index in [1.54, 1.807) is 34.7 Å². The van der Waals surface area contributed by atoms with Crippen molar-refractivity contribution < 1.29 is 17.9 Å². The van der Waals surface area contributed by atoms with Gasteiger partial charge in [-0.05, 0) is 18.2 Å². The van der Waals surface area contributed by atoms with Crippen LogP contribution in [-0.4, -0.2) is 53.7 Å². The van der Waals surface area contributed by atoms with Crippen molar-refractivity contribution >= 4 is 22.5 Å². The molecule has 1 saturated heterocycles. The first-order chi connectivity index (χ1) is 13.5. The topological polar surface area (TPSA) is 65.6 Å². The average Bonchev–Trinajstić information content (AvgIpc) is 3.07. The van der Waals surface area contributed by atoms with Crippen LogP contribution in [0.4, 0.5) is 19.0 Å². The van der Waals surface area contributed by atoms with Gasteiger partial charge in [0.25, 0.3) is 0 Å². The normalized spacial score (nSPS) is 15.8. The van der Waals surface area contributed by atoms with Crippen LogP contribution in [0.25, 0.3) is 16.7 Å². The Balaban J connectivity index is 1.78. The number of halogens is 3. The molecule has 146 valence electrons. The summed E-state index contributed by atoms with van der Waals surface area (Å²) in [7, 11) is 0. The molecule has 0 bridgehead atoms. The van der Waals surface area contributed by atoms with Crippen molar-refractivity contribution in [2.45, 2.75) is 6.18 Å². The van der Waals surface area contributed by atoms with E-state index in [0.717, 1.165) is 19.2 Å². The third-order valence-corrected chi connectivity index (χ3v) is 4.83. The predicted octanol–water partition coefficient (Wildman–Crippen LogP) is 3.12. The standard InChI is InChI=1S/C19H18F3N5O/c20-19(21,22)14-11-17(24-5-6-26-7-9-28-10-8-26)27-16-4-2-1-3-15(16)25-18(27)13(14)12-23/h1-4,11,24H,5-10H2. The maximum Gasteiger partial charge on any atom is 0.417 e. The molecule has 3 aromatic rings. The minimum Gasteiger partial charge on any atom is -0.379 e. The summed E-state index contributed by atoms with van der Waals surface area (Å²) in [5.41, 5.74) is -0.257. The van der Waals surface area contributed by atoms with Crippen LogP contribution in [0.1, 0.15) is 11.1 Å². The number of para-hydroxylation sites is 2. The largest absolute Gasteiger partial charge is 0.417 e. The number of pyridine rings is 1. The number of ether oxygens (including phenoxy) is 1. The Morgan fingerprint density at radius 1 is 1.21 bits per heavy atom. The molecule has 2 aromatic heterocycles. The number of nitriles is 1. The van der Waals surface area contributed by atoms with Crippen LogP contribution in [0.3, 0.4) is 0 Å². The molecular formula is C19H18F3N5O. The zero-order chi connectivity index (χ0) is 19.7. The molecule has 1 aliphatic rings. The quantitative estimate of drug-likeness (QED) is 0.743. The van der Waals surface area contributed by atoms with E-state index in [2.05, 4.69) is 15.2 Å². The molecule has 1 aliphatic heterocycles. The Labute approximate surface area is 159 Å². The lowest BCUT2D eigenvalue weighted by Gasteiger charge is -2.26. The molecule has 9 heteroatoms. The number of rotatable bonds is 4. The molecule has 3 heterocycles. The number of hydrogen-bond donors (Lipinski definition) is 1. The van der Waals surface area contributed by atoms with E-state index in [9.17, 15) is 18.4 Å². The molecule has 0 saturated carbocycles. The first-order valence-electron chi connectivity index (χ1n) is 8.94. The number of aromatic nitrogens is 2. The van der Waals surface area contributed by atoms with Gasteiger partial charge in [-0.15, -0.1) is 0 Å². The summed E-state index contributed by atoms with van der Waals surface area (Å²) >= 11 is 0. The van der Waals surface area contributed by atoms with Gasteiger partial charge >= 0.3 is 6.18 Å². The van der Waals surface area contributed by atoms with E-state index in [4.69, 9.17) is 4.74 Å². The highest BCUT2D eigenvalue weighted by Gasteiger charge is 2.36. The smallest absolute Gasteiger partial charge is 0.379 e. The van der Waals surface area contributed by atoms with Crippen LogP contribution in [0.5, 0.6) is 0 Å². The Morgan fingerprint density at radius 3 is 2.68 bits per heavy atom. The van der Waals surface area contributed by atoms with Gasteiger partial charge in [0.15, 0.2) is 5.65 Å². The van der Waals surface area contributed by atoms with Crippen molar-refractivity contribution in [1.82, 2.24) is 14.3 Å². The number of alkyl halides is 3. The summed E-state index contributed by atoms with van der Waals surface area (Å²) in [6.07, 6.45) is -4.65. The van der Waals surface area contributed by atoms with Gasteiger partial charge < -0.3 is 10.1 Å². The van der Waals surface area contributed by atoms with Crippen LogP contribution >= 0.6 is 0 Å². The molecule has 0 aliphatic carbocycles. The number of imidazole rings is 1. The van der Waals surface area contributed by atoms with E-state index >= 15 is 0 Å². The number of nitrogens with zero attached hydrogens (tertiary/aromatic N) is 4. The SMILES string of the molecule is N#Cc1c(C(F)(F)F)cc(NCCN2CCOCC2)n2c1nc1ccccc12. The van der Waals surface area contributed by atoms with Gasteiger partial charge in [0, 0.05) is 26.2 Å². The highest BCUT2D eigenvalue weighted by atomic mass is 19.4. The Kier molecular flexibility index (Phi) is 4.83. The van der Waals surface area contributed by atoms with Gasteiger partial charge in [-0.2, -0.15) is 18.4 Å². The molecule has 0 atom stereocenters. The lowest BCUT2D eigenvalue weighted by Crippen LogP contribution is -2.39. The number of morpholine rings is 1. The molecule has 0 unspecified atom stereocenters. The van der Waals surface area contributed by atoms with Crippen LogP contribution in [0, 0.1) is 11.3 Å². The second kappa shape index (κ2) is 7.30. The van der Waals surface area contributed by atoms with E-state index < -0.39 is 17.3 Å². The summed E-state index contributed by atoms with van der Waals surface area (Å²) in [5.74, 6) is 0.267. The van der Waals surface area contributed by atoms with Crippen LogP contribution in [-0.2, 0) is 10.9 Å². The number of fused-ring (bicyclic) bond motifs is 3. The summed E-state index contributed by atoms with van der Waals surface area (Å²) in [6, 6.07) is 9.73. The first-order valence-corrected chi connectivity index (χ1v) is 8.94. The number of hydrogen-bond acceptors (Lipinski definition) is 5. The van der Waals surface area contributed by atoms with Gasteiger partial charge in [-0.25, -0.2) is 4.98 Å². The monoisotopic (exact) mass is 389 g/mol. The number of anilines is 1. The third kappa shape index (κ3) is 3.37. The zero-order valence-corrected chi connectivity index (χ0v) is 15.0. The van der Waals surface area contributed by atoms with Crippen LogP contribution < -0.4 is 5.32 Å². The van der Waals surface area contributed by atoms with Crippen LogP contribution in [0.15, 0.2) is 30.3 Å². The van der Waals surface area contributed by atoms with Crippen molar-refractivity contribution in [3.63, 3.8) is 0 Å². The fraction of sp³-hybridized carbons (Fsp3) is 0.368. The molecule has 0 spiro atoms. The second-order valence-electron chi connectivity index (χ2n) is 6.57. The van der Waals surface area contributed by atoms with E-state index in [-0.39, 0.29) is 11.5 Å². The fourth-order valence-electron chi connectivity index (χ4n) is 3.46. The zero-order valence-electron chi connectivity index (χ0n) is 15.0. The minimum absolute atomic E-state index is 0.00685. The van der Waals surface area contributed by atoms with Crippen LogP contribution in [0.2, 0.25) is 0 Å². The molecule has 4 rings (SSSR count). The second-order valence-corrected chi connectivity index (χ2v) is 6.57. The molecular weight excluding hydrogens is 371 g/mol. The predicted molar refractivity (Wildman–Crippen MR) is 98.2 cm³/mol. The molecule has 0 amide bonds. The van der Waals surface area contributed by atoms with E-state index in [0.29, 0.717) is 37.3 Å². The van der Waals surface area contributed by atoms with Gasteiger partial charge in [0.05, 0.1) is 29.8 Å². The maximum atomic E-state index is 13.6. The average molecular weight is 389 g/mol. The van der Waals surface area contributed by atoms with E-state index in [1.165, 1.54) is 0 Å². The fourth-order valence-corrected chi connectivity index (χ4v) is 3.46. The highest BCUT2D eigenvalue weighted by Crippen LogP contribution is 2.36. The Hall–Kier alpha value is -2.83. The van der Waals surface area contributed by atoms with Crippen molar-refractivity contribution in [2.24, 2.45) is 0 Å². The summed E-state index contributed by atoms with van der Waals surface area (Å²) in [4.78, 5) is 6.48. The Morgan fingerprint density at radius 2 is 1.96 bits per heavy atom. The summed E-state index contributed by atoms with van der Waals surface area (Å²) in [5, 5.41) is 12.5. The Bertz CT molecular complexity index is 1050. The summed E-state index contributed by atoms with van der Waals surface area (Å²) < 4.78 is 47.6. The maximum absolute atomic E-state index is 13.6.